The summed E-state index contributed by atoms with van der Waals surface area (Å²) in [4.78, 5) is 12.4. The maximum atomic E-state index is 12.4. The lowest BCUT2D eigenvalue weighted by atomic mass is 10.0. The van der Waals surface area contributed by atoms with Crippen molar-refractivity contribution < 1.29 is 20.1 Å². The second-order valence-corrected chi connectivity index (χ2v) is 15.6. The Morgan fingerprint density at radius 1 is 0.462 bits per heavy atom. The number of rotatable bonds is 41. The van der Waals surface area contributed by atoms with Gasteiger partial charge in [0.25, 0.3) is 0 Å². The van der Waals surface area contributed by atoms with E-state index >= 15 is 0 Å². The number of carbonyl (C=O) groups excluding carboxylic acids is 1. The normalized spacial score (nSPS) is 13.9. The van der Waals surface area contributed by atoms with Crippen LogP contribution in [0.25, 0.3) is 0 Å². The molecule has 0 rings (SSSR count). The summed E-state index contributed by atoms with van der Waals surface area (Å²) in [5.74, 6) is -0.162. The third kappa shape index (κ3) is 36.9. The zero-order chi connectivity index (χ0) is 38.0. The highest BCUT2D eigenvalue weighted by Gasteiger charge is 2.26. The quantitative estimate of drug-likeness (QED) is 0.0372. The van der Waals surface area contributed by atoms with Gasteiger partial charge < -0.3 is 20.6 Å². The zero-order valence-electron chi connectivity index (χ0n) is 34.7. The van der Waals surface area contributed by atoms with Gasteiger partial charge in [0.2, 0.25) is 5.91 Å². The number of amides is 1. The minimum Gasteiger partial charge on any atom is -0.394 e. The van der Waals surface area contributed by atoms with Crippen molar-refractivity contribution in [3.63, 3.8) is 0 Å². The SMILES string of the molecule is CCCCCCCCCC/C=C\CCCCCCCCCC(=O)NC(CO)C(O)C(O)CCC/C=C/CC/C=C/CCCCCCCCCCCC. The summed E-state index contributed by atoms with van der Waals surface area (Å²) in [6.45, 7) is 4.17. The van der Waals surface area contributed by atoms with E-state index in [1.807, 2.05) is 0 Å². The van der Waals surface area contributed by atoms with E-state index in [9.17, 15) is 20.1 Å². The summed E-state index contributed by atoms with van der Waals surface area (Å²) in [5.41, 5.74) is 0. The highest BCUT2D eigenvalue weighted by molar-refractivity contribution is 5.76. The molecule has 0 radical (unpaired) electrons. The molecule has 5 nitrogen and oxygen atoms in total. The summed E-state index contributed by atoms with van der Waals surface area (Å²) >= 11 is 0. The summed E-state index contributed by atoms with van der Waals surface area (Å²) in [6, 6.07) is -0.834. The molecule has 0 heterocycles. The van der Waals surface area contributed by atoms with E-state index in [4.69, 9.17) is 0 Å². The third-order valence-corrected chi connectivity index (χ3v) is 10.4. The van der Waals surface area contributed by atoms with Crippen molar-refractivity contribution in [2.45, 2.75) is 250 Å². The average Bonchev–Trinajstić information content (AvgIpc) is 3.15. The predicted octanol–water partition coefficient (Wildman–Crippen LogP) is 13.2. The molecule has 306 valence electrons. The molecule has 0 saturated carbocycles. The lowest BCUT2D eigenvalue weighted by molar-refractivity contribution is -0.124. The van der Waals surface area contributed by atoms with Gasteiger partial charge in [-0.3, -0.25) is 4.79 Å². The van der Waals surface area contributed by atoms with Crippen molar-refractivity contribution >= 4 is 5.91 Å². The average molecular weight is 732 g/mol. The number of unbranched alkanes of at least 4 members (excludes halogenated alkanes) is 27. The molecule has 0 saturated heterocycles. The Labute approximate surface area is 324 Å². The molecule has 0 aromatic heterocycles. The van der Waals surface area contributed by atoms with Crippen LogP contribution in [0.5, 0.6) is 0 Å². The smallest absolute Gasteiger partial charge is 0.220 e. The van der Waals surface area contributed by atoms with Crippen LogP contribution in [0.2, 0.25) is 0 Å². The van der Waals surface area contributed by atoms with Gasteiger partial charge in [-0.2, -0.15) is 0 Å². The van der Waals surface area contributed by atoms with E-state index in [0.29, 0.717) is 12.8 Å². The lowest BCUT2D eigenvalue weighted by Crippen LogP contribution is -2.50. The van der Waals surface area contributed by atoms with Crippen molar-refractivity contribution in [2.75, 3.05) is 6.61 Å². The van der Waals surface area contributed by atoms with E-state index in [1.54, 1.807) is 0 Å². The molecule has 1 amide bonds. The monoisotopic (exact) mass is 732 g/mol. The fourth-order valence-electron chi connectivity index (χ4n) is 6.88. The van der Waals surface area contributed by atoms with Crippen LogP contribution in [0.4, 0.5) is 0 Å². The molecule has 0 spiro atoms. The van der Waals surface area contributed by atoms with Crippen molar-refractivity contribution in [1.29, 1.82) is 0 Å². The van der Waals surface area contributed by atoms with Crippen molar-refractivity contribution in [1.82, 2.24) is 5.32 Å². The Morgan fingerprint density at radius 2 is 0.788 bits per heavy atom. The number of carbonyl (C=O) groups is 1. The van der Waals surface area contributed by atoms with Gasteiger partial charge in [0.15, 0.2) is 0 Å². The Balaban J connectivity index is 3.70. The predicted molar refractivity (Wildman–Crippen MR) is 227 cm³/mol. The van der Waals surface area contributed by atoms with Crippen LogP contribution in [0.1, 0.15) is 232 Å². The number of aliphatic hydroxyl groups is 3. The minimum absolute atomic E-state index is 0.162. The minimum atomic E-state index is -1.17. The Bertz CT molecular complexity index is 809. The molecule has 0 aliphatic rings. The number of nitrogens with one attached hydrogen (secondary N) is 1. The van der Waals surface area contributed by atoms with Gasteiger partial charge in [0, 0.05) is 6.42 Å². The van der Waals surface area contributed by atoms with E-state index in [1.165, 1.54) is 161 Å². The Kier molecular flexibility index (Phi) is 41.1. The van der Waals surface area contributed by atoms with Crippen LogP contribution in [-0.4, -0.2) is 46.1 Å². The van der Waals surface area contributed by atoms with Gasteiger partial charge in [0.05, 0.1) is 18.8 Å². The first-order chi connectivity index (χ1) is 25.6. The van der Waals surface area contributed by atoms with Gasteiger partial charge in [-0.15, -0.1) is 0 Å². The molecule has 3 unspecified atom stereocenters. The van der Waals surface area contributed by atoms with Crippen molar-refractivity contribution in [3.05, 3.63) is 36.5 Å². The Morgan fingerprint density at radius 3 is 1.17 bits per heavy atom. The molecule has 0 aliphatic carbocycles. The van der Waals surface area contributed by atoms with E-state index in [2.05, 4.69) is 55.6 Å². The van der Waals surface area contributed by atoms with E-state index in [-0.39, 0.29) is 12.5 Å². The van der Waals surface area contributed by atoms with Crippen LogP contribution in [0.15, 0.2) is 36.5 Å². The largest absolute Gasteiger partial charge is 0.394 e. The maximum absolute atomic E-state index is 12.4. The van der Waals surface area contributed by atoms with E-state index in [0.717, 1.165) is 44.9 Å². The number of allylic oxidation sites excluding steroid dienone is 6. The van der Waals surface area contributed by atoms with Gasteiger partial charge >= 0.3 is 0 Å². The van der Waals surface area contributed by atoms with Gasteiger partial charge in [-0.05, 0) is 77.0 Å². The van der Waals surface area contributed by atoms with Gasteiger partial charge in [-0.1, -0.05) is 185 Å². The molecule has 0 fully saturated rings. The van der Waals surface area contributed by atoms with Crippen LogP contribution < -0.4 is 5.32 Å². The summed E-state index contributed by atoms with van der Waals surface area (Å²) in [6.07, 6.45) is 52.5. The molecule has 0 aliphatic heterocycles. The molecule has 5 heteroatoms. The molecule has 52 heavy (non-hydrogen) atoms. The second-order valence-electron chi connectivity index (χ2n) is 15.6. The zero-order valence-corrected chi connectivity index (χ0v) is 34.7. The fraction of sp³-hybridized carbons (Fsp3) is 0.851. The highest BCUT2D eigenvalue weighted by atomic mass is 16.3. The summed E-state index contributed by atoms with van der Waals surface area (Å²) in [5, 5.41) is 33.5. The first kappa shape index (κ1) is 50.6. The van der Waals surface area contributed by atoms with Gasteiger partial charge in [0.1, 0.15) is 6.10 Å². The fourth-order valence-corrected chi connectivity index (χ4v) is 6.88. The summed E-state index contributed by atoms with van der Waals surface area (Å²) < 4.78 is 0. The van der Waals surface area contributed by atoms with Crippen LogP contribution in [-0.2, 0) is 4.79 Å². The van der Waals surface area contributed by atoms with Crippen molar-refractivity contribution in [2.24, 2.45) is 0 Å². The molecule has 0 aromatic rings. The Hall–Kier alpha value is -1.43. The standard InChI is InChI=1S/C47H89NO4/c1-3-5-7-9-11-13-15-17-19-21-23-25-27-29-31-33-35-37-39-41-45(50)47(52)44(43-49)48-46(51)42-40-38-36-34-32-30-28-26-24-22-20-18-16-14-12-10-8-6-4-2/h22,24-25,27,33,35,44-45,47,49-50,52H,3-21,23,26,28-32,34,36-43H2,1-2H3,(H,48,51)/b24-22-,27-25+,35-33+. The van der Waals surface area contributed by atoms with Crippen LogP contribution >= 0.6 is 0 Å². The second kappa shape index (κ2) is 42.3. The van der Waals surface area contributed by atoms with Crippen LogP contribution in [0, 0.1) is 0 Å². The molecule has 0 bridgehead atoms. The van der Waals surface area contributed by atoms with E-state index < -0.39 is 18.2 Å². The first-order valence-corrected chi connectivity index (χ1v) is 22.8. The van der Waals surface area contributed by atoms with Crippen molar-refractivity contribution in [3.8, 4) is 0 Å². The van der Waals surface area contributed by atoms with Crippen LogP contribution in [0.3, 0.4) is 0 Å². The highest BCUT2D eigenvalue weighted by Crippen LogP contribution is 2.14. The topological polar surface area (TPSA) is 89.8 Å². The third-order valence-electron chi connectivity index (χ3n) is 10.4. The van der Waals surface area contributed by atoms with Gasteiger partial charge in [-0.25, -0.2) is 0 Å². The maximum Gasteiger partial charge on any atom is 0.220 e. The number of hydrogen-bond acceptors (Lipinski definition) is 4. The number of hydrogen-bond donors (Lipinski definition) is 4. The lowest BCUT2D eigenvalue weighted by Gasteiger charge is -2.26. The molecular formula is C47H89NO4. The summed E-state index contributed by atoms with van der Waals surface area (Å²) in [7, 11) is 0. The number of aliphatic hydroxyl groups excluding tert-OH is 3. The molecular weight excluding hydrogens is 643 g/mol. The molecule has 3 atom stereocenters. The molecule has 4 N–H and O–H groups in total. The molecule has 0 aromatic carbocycles. The first-order valence-electron chi connectivity index (χ1n) is 22.8.